The third kappa shape index (κ3) is 2.63. The lowest BCUT2D eigenvalue weighted by atomic mass is 10.4. The molecule has 0 fully saturated rings. The summed E-state index contributed by atoms with van der Waals surface area (Å²) < 4.78 is 27.8. The van der Waals surface area contributed by atoms with E-state index in [2.05, 4.69) is 19.9 Å². The highest BCUT2D eigenvalue weighted by molar-refractivity contribution is 7.89. The van der Waals surface area contributed by atoms with Crippen LogP contribution in [-0.4, -0.2) is 39.2 Å². The highest BCUT2D eigenvalue weighted by Crippen LogP contribution is 2.11. The predicted octanol–water partition coefficient (Wildman–Crippen LogP) is -0.680. The van der Waals surface area contributed by atoms with Gasteiger partial charge in [0.15, 0.2) is 5.03 Å². The number of H-pyrrole nitrogens is 1. The smallest absolute Gasteiger partial charge is 0.340 e. The fourth-order valence-corrected chi connectivity index (χ4v) is 2.50. The maximum atomic E-state index is 11.9. The molecule has 2 heterocycles. The average molecular weight is 285 g/mol. The molecule has 0 amide bonds. The maximum Gasteiger partial charge on any atom is 0.340 e. The normalized spacial score (nSPS) is 11.6. The van der Waals surface area contributed by atoms with Crippen molar-refractivity contribution in [1.82, 2.24) is 24.5 Å². The largest absolute Gasteiger partial charge is 0.478 e. The molecular weight excluding hydrogens is 274 g/mol. The van der Waals surface area contributed by atoms with Crippen LogP contribution in [0.2, 0.25) is 0 Å². The van der Waals surface area contributed by atoms with Gasteiger partial charge in [0.25, 0.3) is 10.0 Å². The fourth-order valence-electron chi connectivity index (χ4n) is 1.43. The minimum Gasteiger partial charge on any atom is -0.478 e. The van der Waals surface area contributed by atoms with Gasteiger partial charge in [0.05, 0.1) is 12.7 Å². The average Bonchev–Trinajstić information content (AvgIpc) is 2.95. The predicted molar refractivity (Wildman–Crippen MR) is 62.8 cm³/mol. The zero-order chi connectivity index (χ0) is 14.0. The zero-order valence-electron chi connectivity index (χ0n) is 9.86. The van der Waals surface area contributed by atoms with Crippen molar-refractivity contribution in [2.24, 2.45) is 7.05 Å². The lowest BCUT2D eigenvalue weighted by molar-refractivity contribution is 0.0692. The summed E-state index contributed by atoms with van der Waals surface area (Å²) in [5.74, 6) is -0.869. The minimum absolute atomic E-state index is 0.0517. The third-order valence-electron chi connectivity index (χ3n) is 2.44. The van der Waals surface area contributed by atoms with Crippen molar-refractivity contribution in [2.45, 2.75) is 11.6 Å². The molecule has 0 aliphatic rings. The van der Waals surface area contributed by atoms with Gasteiger partial charge in [0.2, 0.25) is 0 Å². The first kappa shape index (κ1) is 13.2. The Kier molecular flexibility index (Phi) is 3.36. The Morgan fingerprint density at radius 3 is 2.89 bits per heavy atom. The number of nitrogens with zero attached hydrogens (tertiary/aromatic N) is 3. The molecule has 0 radical (unpaired) electrons. The minimum atomic E-state index is -3.99. The number of carbonyl (C=O) groups is 1. The van der Waals surface area contributed by atoms with Crippen LogP contribution in [-0.2, 0) is 23.6 Å². The van der Waals surface area contributed by atoms with Gasteiger partial charge in [-0.2, -0.15) is 5.10 Å². The van der Waals surface area contributed by atoms with Gasteiger partial charge in [-0.15, -0.1) is 0 Å². The second-order valence-corrected chi connectivity index (χ2v) is 5.40. The van der Waals surface area contributed by atoms with Crippen molar-refractivity contribution >= 4 is 16.0 Å². The summed E-state index contributed by atoms with van der Waals surface area (Å²) in [7, 11) is -2.27. The highest BCUT2D eigenvalue weighted by atomic mass is 32.2. The third-order valence-corrected chi connectivity index (χ3v) is 3.82. The van der Waals surface area contributed by atoms with Crippen molar-refractivity contribution in [3.8, 4) is 0 Å². The molecular formula is C9H11N5O4S. The quantitative estimate of drug-likeness (QED) is 0.667. The number of rotatable bonds is 5. The van der Waals surface area contributed by atoms with Crippen LogP contribution in [0.4, 0.5) is 0 Å². The molecule has 2 rings (SSSR count). The topological polar surface area (TPSA) is 130 Å². The Balaban J connectivity index is 2.21. The Hall–Kier alpha value is -2.20. The van der Waals surface area contributed by atoms with Crippen LogP contribution in [0.3, 0.4) is 0 Å². The van der Waals surface area contributed by atoms with E-state index in [0.717, 1.165) is 6.20 Å². The number of aromatic carboxylic acids is 1. The van der Waals surface area contributed by atoms with Crippen LogP contribution in [0.15, 0.2) is 23.6 Å². The van der Waals surface area contributed by atoms with Crippen LogP contribution < -0.4 is 4.72 Å². The molecule has 0 unspecified atom stereocenters. The van der Waals surface area contributed by atoms with E-state index in [1.165, 1.54) is 6.20 Å². The zero-order valence-corrected chi connectivity index (χ0v) is 10.7. The first-order valence-corrected chi connectivity index (χ1v) is 6.62. The van der Waals surface area contributed by atoms with E-state index in [1.807, 2.05) is 0 Å². The van der Waals surface area contributed by atoms with Gasteiger partial charge in [-0.1, -0.05) is 0 Å². The molecule has 9 nitrogen and oxygen atoms in total. The molecule has 0 aromatic carbocycles. The van der Waals surface area contributed by atoms with Crippen molar-refractivity contribution < 1.29 is 18.3 Å². The number of aryl methyl sites for hydroxylation is 1. The standard InChI is InChI=1S/C9H11N5O4S/c1-14-3-2-10-7(14)5-12-19(17,18)8-6(9(15)16)4-11-13-8/h2-4,12H,5H2,1H3,(H,11,13)(H,15,16). The monoisotopic (exact) mass is 285 g/mol. The Labute approximate surface area is 108 Å². The Morgan fingerprint density at radius 1 is 1.58 bits per heavy atom. The summed E-state index contributed by atoms with van der Waals surface area (Å²) in [5, 5.41) is 14.0. The van der Waals surface area contributed by atoms with Gasteiger partial charge < -0.3 is 9.67 Å². The number of sulfonamides is 1. The van der Waals surface area contributed by atoms with E-state index >= 15 is 0 Å². The van der Waals surface area contributed by atoms with E-state index in [1.54, 1.807) is 17.8 Å². The maximum absolute atomic E-state index is 11.9. The summed E-state index contributed by atoms with van der Waals surface area (Å²) in [5.41, 5.74) is -0.410. The fraction of sp³-hybridized carbons (Fsp3) is 0.222. The number of nitrogens with one attached hydrogen (secondary N) is 2. The number of carboxylic acids is 1. The molecule has 3 N–H and O–H groups in total. The first-order valence-electron chi connectivity index (χ1n) is 5.14. The van der Waals surface area contributed by atoms with Gasteiger partial charge in [-0.05, 0) is 0 Å². The molecule has 10 heteroatoms. The SMILES string of the molecule is Cn1ccnc1CNS(=O)(=O)c1[nH]ncc1C(=O)O. The first-order chi connectivity index (χ1) is 8.92. The van der Waals surface area contributed by atoms with Crippen molar-refractivity contribution in [3.05, 3.63) is 30.0 Å². The lowest BCUT2D eigenvalue weighted by Crippen LogP contribution is -2.26. The molecule has 0 aliphatic carbocycles. The van der Waals surface area contributed by atoms with Crippen molar-refractivity contribution in [3.63, 3.8) is 0 Å². The Morgan fingerprint density at radius 2 is 2.32 bits per heavy atom. The molecule has 2 aromatic heterocycles. The number of aromatic nitrogens is 4. The van der Waals surface area contributed by atoms with Gasteiger partial charge >= 0.3 is 5.97 Å². The van der Waals surface area contributed by atoms with E-state index in [9.17, 15) is 13.2 Å². The van der Waals surface area contributed by atoms with Crippen molar-refractivity contribution in [2.75, 3.05) is 0 Å². The Bertz CT molecular complexity index is 702. The van der Waals surface area contributed by atoms with E-state index in [-0.39, 0.29) is 6.54 Å². The number of carboxylic acid groups (broad SMARTS) is 1. The summed E-state index contributed by atoms with van der Waals surface area (Å²) >= 11 is 0. The molecule has 0 saturated heterocycles. The van der Waals surface area contributed by atoms with Gasteiger partial charge in [0, 0.05) is 19.4 Å². The van der Waals surface area contributed by atoms with Gasteiger partial charge in [-0.25, -0.2) is 22.9 Å². The second kappa shape index (κ2) is 4.82. The number of hydrogen-bond acceptors (Lipinski definition) is 5. The molecule has 0 aliphatic heterocycles. The van der Waals surface area contributed by atoms with Crippen LogP contribution in [0.1, 0.15) is 16.2 Å². The van der Waals surface area contributed by atoms with Crippen LogP contribution in [0, 0.1) is 0 Å². The highest BCUT2D eigenvalue weighted by Gasteiger charge is 2.24. The molecule has 0 atom stereocenters. The molecule has 102 valence electrons. The molecule has 0 saturated carbocycles. The molecule has 19 heavy (non-hydrogen) atoms. The lowest BCUT2D eigenvalue weighted by Gasteiger charge is -2.05. The van der Waals surface area contributed by atoms with Crippen LogP contribution in [0.25, 0.3) is 0 Å². The molecule has 2 aromatic rings. The summed E-state index contributed by atoms with van der Waals surface area (Å²) in [6.07, 6.45) is 4.14. The molecule has 0 spiro atoms. The summed E-state index contributed by atoms with van der Waals surface area (Å²) in [4.78, 5) is 14.8. The second-order valence-electron chi connectivity index (χ2n) is 3.70. The number of hydrogen-bond donors (Lipinski definition) is 3. The van der Waals surface area contributed by atoms with Crippen LogP contribution >= 0.6 is 0 Å². The van der Waals surface area contributed by atoms with E-state index < -0.39 is 26.6 Å². The summed E-state index contributed by atoms with van der Waals surface area (Å²) in [6.45, 7) is -0.0517. The number of imidazole rings is 1. The van der Waals surface area contributed by atoms with Crippen LogP contribution in [0.5, 0.6) is 0 Å². The van der Waals surface area contributed by atoms with Gasteiger partial charge in [-0.3, -0.25) is 5.10 Å². The molecule has 0 bridgehead atoms. The summed E-state index contributed by atoms with van der Waals surface area (Å²) in [6, 6.07) is 0. The van der Waals surface area contributed by atoms with E-state index in [0.29, 0.717) is 5.82 Å². The van der Waals surface area contributed by atoms with Gasteiger partial charge in [0.1, 0.15) is 11.4 Å². The van der Waals surface area contributed by atoms with E-state index in [4.69, 9.17) is 5.11 Å². The number of aromatic amines is 1. The van der Waals surface area contributed by atoms with Crippen molar-refractivity contribution in [1.29, 1.82) is 0 Å².